The summed E-state index contributed by atoms with van der Waals surface area (Å²) in [5, 5.41) is 1.25. The molecule has 0 saturated carbocycles. The van der Waals surface area contributed by atoms with Crippen molar-refractivity contribution in [3.05, 3.63) is 42.9 Å². The van der Waals surface area contributed by atoms with Crippen molar-refractivity contribution in [1.82, 2.24) is 0 Å². The highest BCUT2D eigenvalue weighted by atomic mass is 19.1. The number of rotatable bonds is 2. The molecule has 11 heavy (non-hydrogen) atoms. The molecule has 0 aliphatic heterocycles. The number of hydrogen-bond acceptors (Lipinski definition) is 2. The van der Waals surface area contributed by atoms with E-state index in [9.17, 15) is 4.39 Å². The molecule has 0 aromatic heterocycles. The standard InChI is InChI=1S/C8H9FN2/c1-2-11(10)8-5-3-4-7(9)6-8/h2-6H,1,10H2. The van der Waals surface area contributed by atoms with Crippen LogP contribution in [0.1, 0.15) is 0 Å². The van der Waals surface area contributed by atoms with E-state index >= 15 is 0 Å². The van der Waals surface area contributed by atoms with Gasteiger partial charge in [0.2, 0.25) is 0 Å². The largest absolute Gasteiger partial charge is 0.287 e. The Hall–Kier alpha value is -1.35. The van der Waals surface area contributed by atoms with Crippen LogP contribution in [0.4, 0.5) is 10.1 Å². The third-order valence-corrected chi connectivity index (χ3v) is 1.30. The maximum atomic E-state index is 12.5. The van der Waals surface area contributed by atoms with Gasteiger partial charge < -0.3 is 0 Å². The van der Waals surface area contributed by atoms with Gasteiger partial charge in [-0.05, 0) is 18.2 Å². The van der Waals surface area contributed by atoms with Gasteiger partial charge in [0.1, 0.15) is 5.82 Å². The lowest BCUT2D eigenvalue weighted by Gasteiger charge is -2.11. The van der Waals surface area contributed by atoms with Crippen molar-refractivity contribution >= 4 is 5.69 Å². The Bertz CT molecular complexity index is 260. The second kappa shape index (κ2) is 3.16. The second-order valence-electron chi connectivity index (χ2n) is 2.07. The highest BCUT2D eigenvalue weighted by Gasteiger charge is 1.96. The first kappa shape index (κ1) is 7.75. The minimum Gasteiger partial charge on any atom is -0.287 e. The van der Waals surface area contributed by atoms with Gasteiger partial charge in [-0.25, -0.2) is 10.2 Å². The molecule has 0 amide bonds. The molecule has 3 heteroatoms. The van der Waals surface area contributed by atoms with Gasteiger partial charge in [0, 0.05) is 6.20 Å². The van der Waals surface area contributed by atoms with Crippen molar-refractivity contribution in [2.75, 3.05) is 5.01 Å². The van der Waals surface area contributed by atoms with Gasteiger partial charge in [-0.15, -0.1) is 0 Å². The summed E-state index contributed by atoms with van der Waals surface area (Å²) in [6, 6.07) is 5.99. The Morgan fingerprint density at radius 3 is 2.82 bits per heavy atom. The summed E-state index contributed by atoms with van der Waals surface area (Å²) in [4.78, 5) is 0. The molecule has 0 heterocycles. The Morgan fingerprint density at radius 2 is 2.27 bits per heavy atom. The maximum Gasteiger partial charge on any atom is 0.125 e. The molecular weight excluding hydrogens is 143 g/mol. The molecule has 58 valence electrons. The molecule has 1 aromatic rings. The summed E-state index contributed by atoms with van der Waals surface area (Å²) in [7, 11) is 0. The fourth-order valence-corrected chi connectivity index (χ4v) is 0.742. The molecule has 0 spiro atoms. The minimum atomic E-state index is -0.306. The number of hydrogen-bond donors (Lipinski definition) is 1. The van der Waals surface area contributed by atoms with E-state index in [1.54, 1.807) is 12.1 Å². The van der Waals surface area contributed by atoms with Crippen molar-refractivity contribution in [3.63, 3.8) is 0 Å². The van der Waals surface area contributed by atoms with Gasteiger partial charge >= 0.3 is 0 Å². The van der Waals surface area contributed by atoms with Crippen LogP contribution in [0, 0.1) is 5.82 Å². The van der Waals surface area contributed by atoms with Crippen molar-refractivity contribution in [1.29, 1.82) is 0 Å². The lowest BCUT2D eigenvalue weighted by molar-refractivity contribution is 0.627. The molecule has 0 atom stereocenters. The van der Waals surface area contributed by atoms with Gasteiger partial charge in [-0.2, -0.15) is 0 Å². The summed E-state index contributed by atoms with van der Waals surface area (Å²) in [6.07, 6.45) is 1.41. The van der Waals surface area contributed by atoms with E-state index in [1.807, 2.05) is 0 Å². The predicted octanol–water partition coefficient (Wildman–Crippen LogP) is 1.65. The Labute approximate surface area is 64.7 Å². The Kier molecular flexibility index (Phi) is 2.23. The van der Waals surface area contributed by atoms with Crippen LogP contribution < -0.4 is 10.9 Å². The van der Waals surface area contributed by atoms with E-state index in [4.69, 9.17) is 5.84 Å². The van der Waals surface area contributed by atoms with Crippen LogP contribution in [0.3, 0.4) is 0 Å². The number of anilines is 1. The zero-order valence-electron chi connectivity index (χ0n) is 6.00. The number of benzene rings is 1. The van der Waals surface area contributed by atoms with Crippen LogP contribution in [0.2, 0.25) is 0 Å². The van der Waals surface area contributed by atoms with Gasteiger partial charge in [0.25, 0.3) is 0 Å². The Balaban J connectivity index is 2.95. The molecular formula is C8H9FN2. The highest BCUT2D eigenvalue weighted by Crippen LogP contribution is 2.11. The quantitative estimate of drug-likeness (QED) is 0.515. The molecule has 1 rings (SSSR count). The molecule has 1 aromatic carbocycles. The van der Waals surface area contributed by atoms with Gasteiger partial charge in [0.15, 0.2) is 0 Å². The van der Waals surface area contributed by atoms with Crippen molar-refractivity contribution in [2.45, 2.75) is 0 Å². The van der Waals surface area contributed by atoms with E-state index in [0.29, 0.717) is 5.69 Å². The summed E-state index contributed by atoms with van der Waals surface area (Å²) >= 11 is 0. The normalized spacial score (nSPS) is 9.27. The Morgan fingerprint density at radius 1 is 1.55 bits per heavy atom. The van der Waals surface area contributed by atoms with Crippen molar-refractivity contribution in [2.24, 2.45) is 5.84 Å². The maximum absolute atomic E-state index is 12.5. The first-order valence-electron chi connectivity index (χ1n) is 3.16. The number of hydrazine groups is 1. The fraction of sp³-hybridized carbons (Fsp3) is 0. The zero-order valence-corrected chi connectivity index (χ0v) is 6.00. The van der Waals surface area contributed by atoms with Gasteiger partial charge in [-0.1, -0.05) is 12.6 Å². The van der Waals surface area contributed by atoms with Crippen molar-refractivity contribution < 1.29 is 4.39 Å². The summed E-state index contributed by atoms with van der Waals surface area (Å²) in [6.45, 7) is 3.45. The SMILES string of the molecule is C=CN(N)c1cccc(F)c1. The van der Waals surface area contributed by atoms with E-state index in [-0.39, 0.29) is 5.82 Å². The zero-order chi connectivity index (χ0) is 8.27. The molecule has 0 unspecified atom stereocenters. The molecule has 0 saturated heterocycles. The average Bonchev–Trinajstić information content (AvgIpc) is 2.03. The molecule has 2 N–H and O–H groups in total. The predicted molar refractivity (Wildman–Crippen MR) is 43.3 cm³/mol. The van der Waals surface area contributed by atoms with Crippen LogP contribution in [0.5, 0.6) is 0 Å². The third-order valence-electron chi connectivity index (χ3n) is 1.30. The van der Waals surface area contributed by atoms with Crippen LogP contribution in [0.15, 0.2) is 37.0 Å². The summed E-state index contributed by atoms with van der Waals surface area (Å²) in [5.74, 6) is 5.11. The van der Waals surface area contributed by atoms with E-state index in [0.717, 1.165) is 0 Å². The molecule has 0 fully saturated rings. The lowest BCUT2D eigenvalue weighted by Crippen LogP contribution is -2.23. The van der Waals surface area contributed by atoms with Gasteiger partial charge in [-0.3, -0.25) is 5.01 Å². The highest BCUT2D eigenvalue weighted by molar-refractivity contribution is 5.46. The van der Waals surface area contributed by atoms with E-state index < -0.39 is 0 Å². The molecule has 2 nitrogen and oxygen atoms in total. The first-order valence-corrected chi connectivity index (χ1v) is 3.16. The van der Waals surface area contributed by atoms with Gasteiger partial charge in [0.05, 0.1) is 5.69 Å². The summed E-state index contributed by atoms with van der Waals surface area (Å²) in [5.41, 5.74) is 0.583. The lowest BCUT2D eigenvalue weighted by atomic mass is 10.3. The second-order valence-corrected chi connectivity index (χ2v) is 2.07. The molecule has 0 radical (unpaired) electrons. The topological polar surface area (TPSA) is 29.3 Å². The minimum absolute atomic E-state index is 0.306. The van der Waals surface area contributed by atoms with Crippen molar-refractivity contribution in [3.8, 4) is 0 Å². The third kappa shape index (κ3) is 1.78. The van der Waals surface area contributed by atoms with Crippen LogP contribution in [-0.4, -0.2) is 0 Å². The number of nitrogens with zero attached hydrogens (tertiary/aromatic N) is 1. The molecule has 0 bridgehead atoms. The van der Waals surface area contributed by atoms with Crippen LogP contribution in [0.25, 0.3) is 0 Å². The smallest absolute Gasteiger partial charge is 0.125 e. The van der Waals surface area contributed by atoms with Crippen LogP contribution in [-0.2, 0) is 0 Å². The number of halogens is 1. The monoisotopic (exact) mass is 152 g/mol. The fourth-order valence-electron chi connectivity index (χ4n) is 0.742. The van der Waals surface area contributed by atoms with Crippen LogP contribution >= 0.6 is 0 Å². The molecule has 0 aliphatic carbocycles. The first-order chi connectivity index (χ1) is 5.24. The number of nitrogens with two attached hydrogens (primary N) is 1. The van der Waals surface area contributed by atoms with E-state index in [1.165, 1.54) is 23.3 Å². The summed E-state index contributed by atoms with van der Waals surface area (Å²) < 4.78 is 12.5. The molecule has 0 aliphatic rings. The average molecular weight is 152 g/mol. The van der Waals surface area contributed by atoms with E-state index in [2.05, 4.69) is 6.58 Å².